The summed E-state index contributed by atoms with van der Waals surface area (Å²) in [6.45, 7) is 13.3. The average molecular weight is 563 g/mol. The van der Waals surface area contributed by atoms with Crippen LogP contribution in [0.15, 0.2) is 60.7 Å². The number of hydrogen-bond donors (Lipinski definition) is 0. The summed E-state index contributed by atoms with van der Waals surface area (Å²) in [4.78, 5) is 0. The van der Waals surface area contributed by atoms with Gasteiger partial charge in [-0.15, -0.1) is 69.1 Å². The van der Waals surface area contributed by atoms with Crippen LogP contribution in [0, 0.1) is 28.7 Å². The molecule has 0 bridgehead atoms. The summed E-state index contributed by atoms with van der Waals surface area (Å²) in [5.74, 6) is 1.23. The molecule has 0 heterocycles. The Morgan fingerprint density at radius 1 is 0.688 bits per heavy atom. The molecule has 0 aliphatic rings. The molecular weight excluding hydrogens is 527 g/mol. The van der Waals surface area contributed by atoms with Crippen molar-refractivity contribution in [3.8, 4) is 0 Å². The van der Waals surface area contributed by atoms with E-state index in [0.29, 0.717) is 11.8 Å². The molecule has 0 aliphatic heterocycles. The first-order valence-corrected chi connectivity index (χ1v) is 16.4. The Bertz CT molecular complexity index is 960. The van der Waals surface area contributed by atoms with Gasteiger partial charge in [0.2, 0.25) is 0 Å². The Balaban J connectivity index is 0. The van der Waals surface area contributed by atoms with E-state index in [9.17, 15) is 0 Å². The Hall–Kier alpha value is -0.660. The van der Waals surface area contributed by atoms with Crippen molar-refractivity contribution in [1.82, 2.24) is 0 Å². The summed E-state index contributed by atoms with van der Waals surface area (Å²) in [5.41, 5.74) is 5.66. The zero-order valence-electron chi connectivity index (χ0n) is 20.7. The van der Waals surface area contributed by atoms with E-state index in [-0.39, 0.29) is 25.8 Å². The van der Waals surface area contributed by atoms with Gasteiger partial charge in [0, 0.05) is 11.0 Å². The van der Waals surface area contributed by atoms with E-state index in [4.69, 9.17) is 17.0 Å². The van der Waals surface area contributed by atoms with Gasteiger partial charge in [-0.05, 0) is 11.8 Å². The molecule has 0 N–H and O–H groups in total. The summed E-state index contributed by atoms with van der Waals surface area (Å²) in [6.07, 6.45) is 0. The van der Waals surface area contributed by atoms with Crippen LogP contribution in [-0.2, 0) is 20.8 Å². The van der Waals surface area contributed by atoms with Crippen molar-refractivity contribution in [3.63, 3.8) is 0 Å². The molecule has 0 amide bonds. The van der Waals surface area contributed by atoms with E-state index < -0.39 is 20.8 Å². The van der Waals surface area contributed by atoms with Gasteiger partial charge >= 0.3 is 37.9 Å². The largest absolute Gasteiger partial charge is 0 e. The molecule has 0 fully saturated rings. The monoisotopic (exact) mass is 560 g/mol. The first-order valence-electron chi connectivity index (χ1n) is 10.1. The molecule has 4 heteroatoms. The summed E-state index contributed by atoms with van der Waals surface area (Å²) < 4.78 is 0. The van der Waals surface area contributed by atoms with Crippen molar-refractivity contribution < 1.29 is 20.8 Å². The van der Waals surface area contributed by atoms with Crippen LogP contribution in [0.2, 0.25) is 0 Å². The summed E-state index contributed by atoms with van der Waals surface area (Å²) in [5, 5.41) is 5.61. The Labute approximate surface area is 220 Å². The first kappa shape index (κ1) is 33.5. The summed E-state index contributed by atoms with van der Waals surface area (Å²) in [7, 11) is 9.87. The van der Waals surface area contributed by atoms with E-state index in [1.54, 1.807) is 0 Å². The van der Waals surface area contributed by atoms with Crippen molar-refractivity contribution in [2.75, 3.05) is 0 Å². The van der Waals surface area contributed by atoms with Crippen molar-refractivity contribution in [2.24, 2.45) is 0 Å². The zero-order valence-corrected chi connectivity index (χ0v) is 25.7. The van der Waals surface area contributed by atoms with Crippen LogP contribution in [0.1, 0.15) is 61.8 Å². The third-order valence-electron chi connectivity index (χ3n) is 5.10. The molecule has 4 aromatic rings. The molecule has 0 spiro atoms. The molecule has 0 saturated carbocycles. The smallest absolute Gasteiger partial charge is 0 e. The van der Waals surface area contributed by atoms with Crippen LogP contribution in [0.3, 0.4) is 0 Å². The van der Waals surface area contributed by atoms with Gasteiger partial charge in [0.15, 0.2) is 0 Å². The number of hydrogen-bond acceptors (Lipinski definition) is 0. The molecule has 0 atom stereocenters. The second kappa shape index (κ2) is 16.0. The van der Waals surface area contributed by atoms with Crippen LogP contribution in [-0.4, -0.2) is 11.0 Å². The molecule has 174 valence electrons. The zero-order chi connectivity index (χ0) is 21.6. The van der Waals surface area contributed by atoms with E-state index in [2.05, 4.69) is 102 Å². The van der Waals surface area contributed by atoms with Crippen LogP contribution in [0.4, 0.5) is 0 Å². The molecule has 32 heavy (non-hydrogen) atoms. The molecule has 0 unspecified atom stereocenters. The molecule has 0 saturated heterocycles. The minimum atomic E-state index is -0.826. The fourth-order valence-corrected chi connectivity index (χ4v) is 3.82. The predicted octanol–water partition coefficient (Wildman–Crippen LogP) is 9.88. The molecule has 4 rings (SSSR count). The maximum Gasteiger partial charge on any atom is 0 e. The van der Waals surface area contributed by atoms with Crippen molar-refractivity contribution >= 4 is 49.5 Å². The standard InChI is InChI=1S/2C13H15.2CH3.2ClH.Si.Zr/c2*1-9(2)12-6-4-5-11-7-10(3)8-13(11)12;;;;;;/h2*4-9H,1-3H3;2*1H3;2*1H;;/q4*-1;;;;+2/p-2. The quantitative estimate of drug-likeness (QED) is 0.168. The first-order chi connectivity index (χ1) is 13.8. The molecule has 0 aromatic heterocycles. The summed E-state index contributed by atoms with van der Waals surface area (Å²) in [6, 6.07) is 22.2. The van der Waals surface area contributed by atoms with Gasteiger partial charge in [-0.25, -0.2) is 0 Å². The minimum Gasteiger partial charge on any atom is 0 e. The number of rotatable bonds is 2. The van der Waals surface area contributed by atoms with Crippen LogP contribution >= 0.6 is 17.0 Å². The predicted molar refractivity (Wildman–Crippen MR) is 147 cm³/mol. The maximum atomic E-state index is 4.93. The third-order valence-corrected chi connectivity index (χ3v) is 5.10. The van der Waals surface area contributed by atoms with Crippen molar-refractivity contribution in [1.29, 1.82) is 0 Å². The normalized spacial score (nSPS) is 9.69. The SMILES string of the molecule is Cc1cc2c(C(C)C)cccc2[cH-]1.Cc1cc2c(C(C)C)cccc2[cH-]1.[CH3-].[CH3-].[Cl][Zr][Cl].[Si]. The van der Waals surface area contributed by atoms with E-state index in [0.717, 1.165) is 0 Å². The van der Waals surface area contributed by atoms with Gasteiger partial charge < -0.3 is 14.9 Å². The van der Waals surface area contributed by atoms with E-state index >= 15 is 0 Å². The van der Waals surface area contributed by atoms with Gasteiger partial charge in [0.25, 0.3) is 0 Å². The summed E-state index contributed by atoms with van der Waals surface area (Å²) >= 11 is -0.826. The van der Waals surface area contributed by atoms with E-state index in [1.165, 1.54) is 43.8 Å². The molecule has 0 aliphatic carbocycles. The fraction of sp³-hybridized carbons (Fsp3) is 0.286. The van der Waals surface area contributed by atoms with Gasteiger partial charge in [-0.3, -0.25) is 0 Å². The number of benzene rings is 2. The van der Waals surface area contributed by atoms with Crippen LogP contribution in [0.25, 0.3) is 21.5 Å². The van der Waals surface area contributed by atoms with E-state index in [1.807, 2.05) is 0 Å². The second-order valence-corrected chi connectivity index (χ2v) is 11.9. The maximum absolute atomic E-state index is 4.93. The third kappa shape index (κ3) is 8.94. The molecule has 0 nitrogen and oxygen atoms in total. The molecule has 4 radical (unpaired) electrons. The Morgan fingerprint density at radius 3 is 1.28 bits per heavy atom. The van der Waals surface area contributed by atoms with Crippen molar-refractivity contribution in [2.45, 2.75) is 53.4 Å². The number of aryl methyl sites for hydroxylation is 2. The average Bonchev–Trinajstić information content (AvgIpc) is 3.22. The second-order valence-electron chi connectivity index (χ2n) is 8.15. The van der Waals surface area contributed by atoms with Gasteiger partial charge in [-0.1, -0.05) is 64.8 Å². The van der Waals surface area contributed by atoms with Crippen LogP contribution < -0.4 is 0 Å². The van der Waals surface area contributed by atoms with Crippen LogP contribution in [0.5, 0.6) is 0 Å². The van der Waals surface area contributed by atoms with Gasteiger partial charge in [0.1, 0.15) is 0 Å². The van der Waals surface area contributed by atoms with Gasteiger partial charge in [-0.2, -0.15) is 12.1 Å². The van der Waals surface area contributed by atoms with Crippen molar-refractivity contribution in [3.05, 3.63) is 97.8 Å². The fourth-order valence-electron chi connectivity index (χ4n) is 3.82. The Kier molecular flexibility index (Phi) is 16.8. The number of fused-ring (bicyclic) bond motifs is 2. The molecule has 4 aromatic carbocycles. The Morgan fingerprint density at radius 2 is 1.00 bits per heavy atom. The number of halogens is 2. The van der Waals surface area contributed by atoms with Gasteiger partial charge in [0.05, 0.1) is 0 Å². The minimum absolute atomic E-state index is 0. The topological polar surface area (TPSA) is 0 Å². The molecular formula is C28H36Cl2SiZr-4.